The highest BCUT2D eigenvalue weighted by atomic mass is 16.2. The first-order valence-corrected chi connectivity index (χ1v) is 8.81. The van der Waals surface area contributed by atoms with Gasteiger partial charge in [-0.2, -0.15) is 5.10 Å². The predicted octanol–water partition coefficient (Wildman–Crippen LogP) is 1.54. The van der Waals surface area contributed by atoms with Crippen molar-refractivity contribution in [1.29, 1.82) is 0 Å². The van der Waals surface area contributed by atoms with E-state index in [0.717, 1.165) is 12.8 Å². The van der Waals surface area contributed by atoms with Crippen LogP contribution in [-0.2, 0) is 9.59 Å². The van der Waals surface area contributed by atoms with Crippen LogP contribution in [0.3, 0.4) is 0 Å². The first-order chi connectivity index (χ1) is 12.5. The van der Waals surface area contributed by atoms with Gasteiger partial charge >= 0.3 is 5.69 Å². The Kier molecular flexibility index (Phi) is 5.20. The monoisotopic (exact) mass is 357 g/mol. The fourth-order valence-corrected chi connectivity index (χ4v) is 3.19. The van der Waals surface area contributed by atoms with E-state index < -0.39 is 6.04 Å². The number of piperidine rings is 1. The quantitative estimate of drug-likeness (QED) is 0.867. The summed E-state index contributed by atoms with van der Waals surface area (Å²) >= 11 is 0. The molecule has 0 bridgehead atoms. The highest BCUT2D eigenvalue weighted by molar-refractivity contribution is 5.97. The molecule has 1 aliphatic rings. The molecule has 0 aliphatic carbocycles. The summed E-state index contributed by atoms with van der Waals surface area (Å²) in [5.41, 5.74) is 0.817. The summed E-state index contributed by atoms with van der Waals surface area (Å²) in [6.45, 7) is 4.30. The molecule has 138 valence electrons. The summed E-state index contributed by atoms with van der Waals surface area (Å²) < 4.78 is 1.35. The molecule has 2 N–H and O–H groups in total. The topological polar surface area (TPSA) is 100 Å². The standard InChI is InChI=1S/C18H23N5O3/c1-12(2)17(25)22-9-4-3-8-15(22)16(24)20-13-6-5-7-14(10-13)23-11-19-21-18(23)26/h5-7,10-12,15H,3-4,8-9H2,1-2H3,(H,20,24)(H,21,26)/t15-/m1/s1. The third kappa shape index (κ3) is 3.68. The molecule has 2 heterocycles. The van der Waals surface area contributed by atoms with Crippen LogP contribution in [0.25, 0.3) is 5.69 Å². The van der Waals surface area contributed by atoms with Crippen molar-refractivity contribution in [3.63, 3.8) is 0 Å². The summed E-state index contributed by atoms with van der Waals surface area (Å²) in [6, 6.07) is 6.50. The van der Waals surface area contributed by atoms with Crippen molar-refractivity contribution in [2.75, 3.05) is 11.9 Å². The zero-order valence-corrected chi connectivity index (χ0v) is 14.9. The van der Waals surface area contributed by atoms with E-state index in [4.69, 9.17) is 0 Å². The summed E-state index contributed by atoms with van der Waals surface area (Å²) in [7, 11) is 0. The molecule has 1 aliphatic heterocycles. The number of aromatic nitrogens is 3. The van der Waals surface area contributed by atoms with Crippen LogP contribution in [0.4, 0.5) is 5.69 Å². The molecule has 2 amide bonds. The third-order valence-corrected chi connectivity index (χ3v) is 4.53. The van der Waals surface area contributed by atoms with E-state index in [0.29, 0.717) is 24.3 Å². The van der Waals surface area contributed by atoms with Gasteiger partial charge in [0, 0.05) is 18.2 Å². The third-order valence-electron chi connectivity index (χ3n) is 4.53. The molecule has 0 radical (unpaired) electrons. The smallest absolute Gasteiger partial charge is 0.330 e. The molecule has 0 saturated carbocycles. The Balaban J connectivity index is 1.78. The molecule has 1 fully saturated rings. The average molecular weight is 357 g/mol. The minimum Gasteiger partial charge on any atom is -0.330 e. The lowest BCUT2D eigenvalue weighted by Gasteiger charge is -2.35. The molecular formula is C18H23N5O3. The number of nitrogens with one attached hydrogen (secondary N) is 2. The van der Waals surface area contributed by atoms with Crippen molar-refractivity contribution in [2.45, 2.75) is 39.2 Å². The molecule has 26 heavy (non-hydrogen) atoms. The van der Waals surface area contributed by atoms with Crippen molar-refractivity contribution in [1.82, 2.24) is 19.7 Å². The van der Waals surface area contributed by atoms with Gasteiger partial charge in [-0.1, -0.05) is 19.9 Å². The fourth-order valence-electron chi connectivity index (χ4n) is 3.19. The number of carbonyl (C=O) groups is 2. The van der Waals surface area contributed by atoms with Gasteiger partial charge in [0.15, 0.2) is 0 Å². The molecule has 1 aromatic heterocycles. The van der Waals surface area contributed by atoms with Crippen molar-refractivity contribution < 1.29 is 9.59 Å². The number of carbonyl (C=O) groups excluding carboxylic acids is 2. The predicted molar refractivity (Wildman–Crippen MR) is 97.0 cm³/mol. The number of nitrogens with zero attached hydrogens (tertiary/aromatic N) is 3. The van der Waals surface area contributed by atoms with E-state index in [1.54, 1.807) is 29.2 Å². The first-order valence-electron chi connectivity index (χ1n) is 8.81. The van der Waals surface area contributed by atoms with Gasteiger partial charge in [-0.25, -0.2) is 14.5 Å². The van der Waals surface area contributed by atoms with Gasteiger partial charge in [-0.3, -0.25) is 9.59 Å². The molecule has 1 atom stereocenters. The van der Waals surface area contributed by atoms with Gasteiger partial charge in [-0.05, 0) is 37.5 Å². The zero-order valence-electron chi connectivity index (χ0n) is 14.9. The van der Waals surface area contributed by atoms with Crippen LogP contribution in [0.2, 0.25) is 0 Å². The molecule has 8 nitrogen and oxygen atoms in total. The zero-order chi connectivity index (χ0) is 18.7. The second-order valence-electron chi connectivity index (χ2n) is 6.77. The maximum absolute atomic E-state index is 12.8. The number of rotatable bonds is 4. The molecule has 3 rings (SSSR count). The molecular weight excluding hydrogens is 334 g/mol. The van der Waals surface area contributed by atoms with E-state index in [1.807, 2.05) is 13.8 Å². The summed E-state index contributed by atoms with van der Waals surface area (Å²) in [6.07, 6.45) is 3.88. The minimum atomic E-state index is -0.459. The number of hydrogen-bond donors (Lipinski definition) is 2. The summed E-state index contributed by atoms with van der Waals surface area (Å²) in [5.74, 6) is -0.335. The Morgan fingerprint density at radius 2 is 2.12 bits per heavy atom. The Bertz CT molecular complexity index is 854. The summed E-state index contributed by atoms with van der Waals surface area (Å²) in [5, 5.41) is 8.91. The molecule has 8 heteroatoms. The molecule has 1 saturated heterocycles. The maximum Gasteiger partial charge on any atom is 0.347 e. The van der Waals surface area contributed by atoms with E-state index in [-0.39, 0.29) is 23.4 Å². The Hall–Kier alpha value is -2.90. The Morgan fingerprint density at radius 3 is 2.81 bits per heavy atom. The number of anilines is 1. The maximum atomic E-state index is 12.8. The van der Waals surface area contributed by atoms with Crippen LogP contribution in [-0.4, -0.2) is 44.1 Å². The number of hydrogen-bond acceptors (Lipinski definition) is 4. The average Bonchev–Trinajstić information content (AvgIpc) is 3.07. The van der Waals surface area contributed by atoms with E-state index >= 15 is 0 Å². The molecule has 0 unspecified atom stereocenters. The van der Waals surface area contributed by atoms with Crippen LogP contribution in [0, 0.1) is 5.92 Å². The van der Waals surface area contributed by atoms with Gasteiger partial charge in [0.1, 0.15) is 12.4 Å². The number of aromatic amines is 1. The van der Waals surface area contributed by atoms with Crippen molar-refractivity contribution in [2.24, 2.45) is 5.92 Å². The van der Waals surface area contributed by atoms with Gasteiger partial charge in [-0.15, -0.1) is 0 Å². The highest BCUT2D eigenvalue weighted by Crippen LogP contribution is 2.21. The molecule has 2 aromatic rings. The second-order valence-corrected chi connectivity index (χ2v) is 6.77. The van der Waals surface area contributed by atoms with Crippen LogP contribution < -0.4 is 11.0 Å². The number of amides is 2. The van der Waals surface area contributed by atoms with E-state index in [2.05, 4.69) is 15.5 Å². The van der Waals surface area contributed by atoms with Gasteiger partial charge in [0.25, 0.3) is 0 Å². The highest BCUT2D eigenvalue weighted by Gasteiger charge is 2.33. The number of benzene rings is 1. The Morgan fingerprint density at radius 1 is 1.31 bits per heavy atom. The van der Waals surface area contributed by atoms with Crippen LogP contribution in [0.5, 0.6) is 0 Å². The summed E-state index contributed by atoms with van der Waals surface area (Å²) in [4.78, 5) is 38.6. The lowest BCUT2D eigenvalue weighted by Crippen LogP contribution is -2.51. The largest absolute Gasteiger partial charge is 0.347 e. The van der Waals surface area contributed by atoms with Crippen molar-refractivity contribution in [3.8, 4) is 5.69 Å². The number of likely N-dealkylation sites (tertiary alicyclic amines) is 1. The van der Waals surface area contributed by atoms with Crippen LogP contribution in [0.15, 0.2) is 35.4 Å². The Labute approximate surface area is 151 Å². The molecule has 0 spiro atoms. The van der Waals surface area contributed by atoms with Gasteiger partial charge < -0.3 is 10.2 Å². The minimum absolute atomic E-state index is 0.00329. The van der Waals surface area contributed by atoms with Crippen molar-refractivity contribution in [3.05, 3.63) is 41.1 Å². The van der Waals surface area contributed by atoms with Gasteiger partial charge in [0.2, 0.25) is 11.8 Å². The lowest BCUT2D eigenvalue weighted by molar-refractivity contribution is -0.142. The van der Waals surface area contributed by atoms with Gasteiger partial charge in [0.05, 0.1) is 5.69 Å². The van der Waals surface area contributed by atoms with E-state index in [9.17, 15) is 14.4 Å². The fraction of sp³-hybridized carbons (Fsp3) is 0.444. The lowest BCUT2D eigenvalue weighted by atomic mass is 9.99. The van der Waals surface area contributed by atoms with Crippen LogP contribution in [0.1, 0.15) is 33.1 Å². The first kappa shape index (κ1) is 17.9. The molecule has 1 aromatic carbocycles. The van der Waals surface area contributed by atoms with Crippen LogP contribution >= 0.6 is 0 Å². The number of H-pyrrole nitrogens is 1. The normalized spacial score (nSPS) is 17.3. The SMILES string of the molecule is CC(C)C(=O)N1CCCC[C@@H]1C(=O)Nc1cccc(-n2cn[nH]c2=O)c1. The van der Waals surface area contributed by atoms with E-state index in [1.165, 1.54) is 10.9 Å². The second kappa shape index (κ2) is 7.55. The van der Waals surface area contributed by atoms with Crippen molar-refractivity contribution >= 4 is 17.5 Å².